The molecule has 2 aromatic carbocycles. The largest absolute Gasteiger partial charge is 0.484 e. The van der Waals surface area contributed by atoms with Crippen molar-refractivity contribution in [3.05, 3.63) is 74.3 Å². The summed E-state index contributed by atoms with van der Waals surface area (Å²) in [5, 5.41) is 4.03. The van der Waals surface area contributed by atoms with E-state index >= 15 is 0 Å². The fraction of sp³-hybridized carbons (Fsp3) is 0.217. The molecule has 0 bridgehead atoms. The van der Waals surface area contributed by atoms with Gasteiger partial charge in [0.05, 0.1) is 17.3 Å². The van der Waals surface area contributed by atoms with Gasteiger partial charge in [0, 0.05) is 24.7 Å². The maximum atomic E-state index is 15.0. The second-order valence-electron chi connectivity index (χ2n) is 8.44. The van der Waals surface area contributed by atoms with E-state index < -0.39 is 57.2 Å². The van der Waals surface area contributed by atoms with Gasteiger partial charge in [-0.2, -0.15) is 13.2 Å². The quantitative estimate of drug-likeness (QED) is 0.348. The number of alkyl halides is 3. The van der Waals surface area contributed by atoms with Gasteiger partial charge in [0.25, 0.3) is 11.5 Å². The van der Waals surface area contributed by atoms with Crippen molar-refractivity contribution in [2.45, 2.75) is 13.1 Å². The number of nitrogens with one attached hydrogen (secondary N) is 1. The van der Waals surface area contributed by atoms with Gasteiger partial charge in [-0.15, -0.1) is 0 Å². The van der Waals surface area contributed by atoms with Crippen LogP contribution in [0.4, 0.5) is 17.6 Å². The van der Waals surface area contributed by atoms with Crippen molar-refractivity contribution in [2.75, 3.05) is 12.9 Å². The van der Waals surface area contributed by atoms with Crippen molar-refractivity contribution in [2.24, 2.45) is 7.05 Å². The van der Waals surface area contributed by atoms with Crippen LogP contribution >= 0.6 is 0 Å². The number of halogens is 4. The van der Waals surface area contributed by atoms with Gasteiger partial charge >= 0.3 is 11.9 Å². The van der Waals surface area contributed by atoms with Gasteiger partial charge in [0.1, 0.15) is 17.1 Å². The molecule has 0 aliphatic carbocycles. The highest BCUT2D eigenvalue weighted by Gasteiger charge is 2.35. The Labute approximate surface area is 216 Å². The van der Waals surface area contributed by atoms with E-state index in [1.807, 2.05) is 0 Å². The molecule has 0 unspecified atom stereocenters. The molecule has 11 nitrogen and oxygen atoms in total. The maximum absolute atomic E-state index is 15.0. The van der Waals surface area contributed by atoms with E-state index in [1.165, 1.54) is 12.1 Å². The minimum absolute atomic E-state index is 0.0960. The van der Waals surface area contributed by atoms with Gasteiger partial charge in [-0.25, -0.2) is 22.2 Å². The number of aryl methyl sites for hydroxylation is 1. The topological polar surface area (TPSA) is 142 Å². The van der Waals surface area contributed by atoms with Gasteiger partial charge < -0.3 is 9.26 Å². The number of ether oxygens (including phenoxy) is 1. The van der Waals surface area contributed by atoms with Crippen LogP contribution in [0.2, 0.25) is 0 Å². The van der Waals surface area contributed by atoms with Crippen molar-refractivity contribution in [1.29, 1.82) is 0 Å². The second-order valence-corrected chi connectivity index (χ2v) is 10.2. The number of hydrogen-bond acceptors (Lipinski definition) is 8. The Morgan fingerprint density at radius 1 is 1.15 bits per heavy atom. The molecule has 1 amide bonds. The molecule has 16 heteroatoms. The van der Waals surface area contributed by atoms with Crippen LogP contribution in [-0.4, -0.2) is 41.5 Å². The van der Waals surface area contributed by atoms with E-state index in [1.54, 1.807) is 17.7 Å². The molecule has 0 radical (unpaired) electrons. The van der Waals surface area contributed by atoms with Gasteiger partial charge in [0.2, 0.25) is 10.0 Å². The number of carbonyl (C=O) groups excluding carboxylic acids is 1. The van der Waals surface area contributed by atoms with Gasteiger partial charge in [-0.05, 0) is 30.7 Å². The number of nitrogens with zero attached hydrogens (tertiary/aromatic N) is 3. The van der Waals surface area contributed by atoms with E-state index in [2.05, 4.69) is 5.16 Å². The molecular formula is C23H18F4N4O7S. The van der Waals surface area contributed by atoms with Crippen LogP contribution in [0.15, 0.2) is 50.5 Å². The van der Waals surface area contributed by atoms with E-state index in [0.29, 0.717) is 11.1 Å². The monoisotopic (exact) mass is 570 g/mol. The lowest BCUT2D eigenvalue weighted by molar-refractivity contribution is -0.144. The van der Waals surface area contributed by atoms with Crippen LogP contribution in [0.5, 0.6) is 5.75 Å². The van der Waals surface area contributed by atoms with E-state index in [9.17, 15) is 40.4 Å². The average Bonchev–Trinajstić information content (AvgIpc) is 3.21. The minimum atomic E-state index is -4.99. The van der Waals surface area contributed by atoms with Crippen LogP contribution in [0, 0.1) is 12.7 Å². The maximum Gasteiger partial charge on any atom is 0.431 e. The highest BCUT2D eigenvalue weighted by Crippen LogP contribution is 2.34. The summed E-state index contributed by atoms with van der Waals surface area (Å²) < 4.78 is 89.7. The molecule has 2 heterocycles. The molecule has 4 aromatic rings. The van der Waals surface area contributed by atoms with Crippen LogP contribution < -0.4 is 20.7 Å². The number of hydrogen-bond donors (Lipinski definition) is 1. The van der Waals surface area contributed by atoms with Crippen LogP contribution in [-0.2, 0) is 28.0 Å². The lowest BCUT2D eigenvalue weighted by Crippen LogP contribution is -2.41. The van der Waals surface area contributed by atoms with Crippen molar-refractivity contribution in [3.63, 3.8) is 0 Å². The molecule has 0 spiro atoms. The number of aromatic nitrogens is 3. The van der Waals surface area contributed by atoms with Gasteiger partial charge in [-0.1, -0.05) is 11.2 Å². The highest BCUT2D eigenvalue weighted by molar-refractivity contribution is 7.89. The van der Waals surface area contributed by atoms with Crippen LogP contribution in [0.1, 0.15) is 11.3 Å². The van der Waals surface area contributed by atoms with E-state index in [4.69, 9.17) is 9.26 Å². The van der Waals surface area contributed by atoms with Crippen LogP contribution in [0.3, 0.4) is 0 Å². The second kappa shape index (κ2) is 9.68. The summed E-state index contributed by atoms with van der Waals surface area (Å²) >= 11 is 0. The summed E-state index contributed by atoms with van der Waals surface area (Å²) in [6.07, 6.45) is -4.19. The third-order valence-electron chi connectivity index (χ3n) is 5.52. The predicted molar refractivity (Wildman–Crippen MR) is 128 cm³/mol. The molecule has 1 N–H and O–H groups in total. The fourth-order valence-electron chi connectivity index (χ4n) is 3.76. The van der Waals surface area contributed by atoms with Crippen molar-refractivity contribution in [3.8, 4) is 22.7 Å². The Hall–Kier alpha value is -4.47. The molecule has 0 saturated carbocycles. The molecule has 0 aliphatic rings. The summed E-state index contributed by atoms with van der Waals surface area (Å²) in [5.74, 6) is -1.92. The number of amides is 1. The van der Waals surface area contributed by atoms with Crippen molar-refractivity contribution >= 4 is 26.9 Å². The zero-order valence-corrected chi connectivity index (χ0v) is 21.1. The molecule has 4 rings (SSSR count). The Balaban J connectivity index is 1.80. The van der Waals surface area contributed by atoms with Crippen LogP contribution in [0.25, 0.3) is 27.9 Å². The average molecular weight is 570 g/mol. The lowest BCUT2D eigenvalue weighted by atomic mass is 10.0. The number of carbonyl (C=O) groups is 1. The SMILES string of the molecule is Cc1ccc(OCC(=O)NS(C)(=O)=O)cc1-c1noc2cc(F)c(-n3c(=O)cc(C(F)(F)F)n(C)c3=O)cc12. The molecule has 2 aromatic heterocycles. The number of fused-ring (bicyclic) bond motifs is 1. The molecule has 0 aliphatic heterocycles. The zero-order valence-electron chi connectivity index (χ0n) is 20.3. The molecule has 0 fully saturated rings. The summed E-state index contributed by atoms with van der Waals surface area (Å²) in [5.41, 5.74) is -3.99. The summed E-state index contributed by atoms with van der Waals surface area (Å²) in [6, 6.07) is 6.57. The highest BCUT2D eigenvalue weighted by atomic mass is 32.2. The zero-order chi connectivity index (χ0) is 28.9. The molecule has 0 atom stereocenters. The summed E-state index contributed by atoms with van der Waals surface area (Å²) in [7, 11) is -2.99. The summed E-state index contributed by atoms with van der Waals surface area (Å²) in [4.78, 5) is 36.9. The third-order valence-corrected chi connectivity index (χ3v) is 6.12. The van der Waals surface area contributed by atoms with Gasteiger partial charge in [-0.3, -0.25) is 18.9 Å². The first-order valence-corrected chi connectivity index (χ1v) is 12.7. The fourth-order valence-corrected chi connectivity index (χ4v) is 4.24. The van der Waals surface area contributed by atoms with Gasteiger partial charge in [0.15, 0.2) is 18.0 Å². The Morgan fingerprint density at radius 2 is 1.85 bits per heavy atom. The minimum Gasteiger partial charge on any atom is -0.484 e. The molecular weight excluding hydrogens is 552 g/mol. The Morgan fingerprint density at radius 3 is 2.49 bits per heavy atom. The van der Waals surface area contributed by atoms with Crippen molar-refractivity contribution < 1.29 is 40.0 Å². The first kappa shape index (κ1) is 27.6. The lowest BCUT2D eigenvalue weighted by Gasteiger charge is -2.14. The molecule has 39 heavy (non-hydrogen) atoms. The van der Waals surface area contributed by atoms with E-state index in [-0.39, 0.29) is 37.6 Å². The van der Waals surface area contributed by atoms with Crippen molar-refractivity contribution in [1.82, 2.24) is 19.0 Å². The normalized spacial score (nSPS) is 12.1. The third kappa shape index (κ3) is 5.55. The van der Waals surface area contributed by atoms with E-state index in [0.717, 1.165) is 25.4 Å². The standard InChI is InChI=1S/C23H18F4N4O7S/c1-11-4-5-12(37-10-19(32)29-39(3,35)36)6-13(11)21-14-7-16(15(24)8-17(14)38-28-21)31-20(33)9-18(23(25,26)27)30(2)22(31)34/h4-9H,10H2,1-3H3,(H,29,32). The first-order chi connectivity index (χ1) is 18.1. The number of rotatable bonds is 6. The smallest absolute Gasteiger partial charge is 0.431 e. The number of benzene rings is 2. The first-order valence-electron chi connectivity index (χ1n) is 10.8. The predicted octanol–water partition coefficient (Wildman–Crippen LogP) is 2.27. The Bertz CT molecular complexity index is 1860. The number of sulfonamides is 1. The summed E-state index contributed by atoms with van der Waals surface area (Å²) in [6.45, 7) is 1.04. The Kier molecular flexibility index (Phi) is 6.84. The molecule has 206 valence electrons. The molecule has 0 saturated heterocycles.